The SMILES string of the molecule is O=C(O)C[C@@H](NC(=O)c1ccco1)c1ccc(Cl)c(F)c1. The number of furan rings is 1. The molecule has 0 spiro atoms. The Morgan fingerprint density at radius 2 is 2.14 bits per heavy atom. The molecule has 1 aromatic heterocycles. The van der Waals surface area contributed by atoms with Gasteiger partial charge in [-0.25, -0.2) is 4.39 Å². The molecule has 0 fully saturated rings. The van der Waals surface area contributed by atoms with Gasteiger partial charge < -0.3 is 14.8 Å². The summed E-state index contributed by atoms with van der Waals surface area (Å²) in [6.07, 6.45) is 0.927. The zero-order valence-electron chi connectivity index (χ0n) is 10.7. The Kier molecular flexibility index (Phi) is 4.59. The lowest BCUT2D eigenvalue weighted by atomic mass is 10.0. The number of carboxylic acid groups (broad SMARTS) is 1. The highest BCUT2D eigenvalue weighted by Gasteiger charge is 2.21. The van der Waals surface area contributed by atoms with E-state index >= 15 is 0 Å². The highest BCUT2D eigenvalue weighted by molar-refractivity contribution is 6.30. The van der Waals surface area contributed by atoms with Crippen LogP contribution in [0.1, 0.15) is 28.6 Å². The fourth-order valence-corrected chi connectivity index (χ4v) is 1.91. The third-order valence-electron chi connectivity index (χ3n) is 2.78. The van der Waals surface area contributed by atoms with Gasteiger partial charge in [0.15, 0.2) is 5.76 Å². The molecule has 0 aliphatic rings. The van der Waals surface area contributed by atoms with Gasteiger partial charge in [0.1, 0.15) is 5.82 Å². The summed E-state index contributed by atoms with van der Waals surface area (Å²) in [5, 5.41) is 11.3. The van der Waals surface area contributed by atoms with Gasteiger partial charge in [-0.15, -0.1) is 0 Å². The van der Waals surface area contributed by atoms with Crippen LogP contribution in [0.3, 0.4) is 0 Å². The predicted octanol–water partition coefficient (Wildman–Crippen LogP) is 3.02. The molecule has 1 amide bonds. The number of amides is 1. The molecule has 0 radical (unpaired) electrons. The van der Waals surface area contributed by atoms with Gasteiger partial charge in [-0.1, -0.05) is 17.7 Å². The van der Waals surface area contributed by atoms with E-state index in [1.807, 2.05) is 0 Å². The third-order valence-corrected chi connectivity index (χ3v) is 3.08. The van der Waals surface area contributed by atoms with E-state index in [0.29, 0.717) is 5.56 Å². The number of carbonyl (C=O) groups excluding carboxylic acids is 1. The first kappa shape index (κ1) is 15.1. The van der Waals surface area contributed by atoms with Crippen LogP contribution in [0.25, 0.3) is 0 Å². The molecule has 0 aliphatic heterocycles. The second-order valence-corrected chi connectivity index (χ2v) is 4.68. The molecular formula is C14H11ClFNO4. The first-order valence-electron chi connectivity index (χ1n) is 5.98. The Morgan fingerprint density at radius 1 is 1.38 bits per heavy atom. The fourth-order valence-electron chi connectivity index (χ4n) is 1.79. The average Bonchev–Trinajstić information content (AvgIpc) is 2.94. The molecule has 0 bridgehead atoms. The first-order chi connectivity index (χ1) is 9.97. The summed E-state index contributed by atoms with van der Waals surface area (Å²) in [5.41, 5.74) is 0.305. The number of carboxylic acids is 1. The van der Waals surface area contributed by atoms with Gasteiger partial charge in [-0.3, -0.25) is 9.59 Å². The topological polar surface area (TPSA) is 79.5 Å². The van der Waals surface area contributed by atoms with Gasteiger partial charge in [0, 0.05) is 0 Å². The average molecular weight is 312 g/mol. The Morgan fingerprint density at radius 3 is 2.71 bits per heavy atom. The van der Waals surface area contributed by atoms with Crippen LogP contribution in [0.5, 0.6) is 0 Å². The number of carbonyl (C=O) groups is 2. The maximum atomic E-state index is 13.5. The second kappa shape index (κ2) is 6.41. The number of nitrogens with one attached hydrogen (secondary N) is 1. The van der Waals surface area contributed by atoms with Crippen LogP contribution in [0.2, 0.25) is 5.02 Å². The van der Waals surface area contributed by atoms with Crippen LogP contribution in [0.4, 0.5) is 4.39 Å². The monoisotopic (exact) mass is 311 g/mol. The molecule has 2 N–H and O–H groups in total. The van der Waals surface area contributed by atoms with Crippen molar-refractivity contribution in [2.24, 2.45) is 0 Å². The van der Waals surface area contributed by atoms with Gasteiger partial charge in [0.2, 0.25) is 0 Å². The smallest absolute Gasteiger partial charge is 0.305 e. The molecule has 1 aromatic carbocycles. The highest BCUT2D eigenvalue weighted by Crippen LogP contribution is 2.23. The van der Waals surface area contributed by atoms with Crippen molar-refractivity contribution in [1.29, 1.82) is 0 Å². The normalized spacial score (nSPS) is 11.9. The van der Waals surface area contributed by atoms with E-state index in [1.165, 1.54) is 30.5 Å². The van der Waals surface area contributed by atoms with Gasteiger partial charge in [0.05, 0.1) is 23.7 Å². The molecule has 0 saturated carbocycles. The zero-order valence-corrected chi connectivity index (χ0v) is 11.4. The number of rotatable bonds is 5. The number of halogens is 2. The minimum atomic E-state index is -1.13. The summed E-state index contributed by atoms with van der Waals surface area (Å²) in [4.78, 5) is 22.8. The van der Waals surface area contributed by atoms with Crippen LogP contribution >= 0.6 is 11.6 Å². The van der Waals surface area contributed by atoms with Crippen LogP contribution < -0.4 is 5.32 Å². The van der Waals surface area contributed by atoms with Crippen LogP contribution in [0.15, 0.2) is 41.0 Å². The summed E-state index contributed by atoms with van der Waals surface area (Å²) < 4.78 is 18.4. The zero-order chi connectivity index (χ0) is 15.4. The summed E-state index contributed by atoms with van der Waals surface area (Å²) in [7, 11) is 0. The summed E-state index contributed by atoms with van der Waals surface area (Å²) in [5.74, 6) is -2.35. The van der Waals surface area contributed by atoms with E-state index in [1.54, 1.807) is 0 Å². The Labute approximate surface area is 124 Å². The first-order valence-corrected chi connectivity index (χ1v) is 6.36. The summed E-state index contributed by atoms with van der Waals surface area (Å²) >= 11 is 5.58. The molecule has 1 heterocycles. The molecule has 7 heteroatoms. The summed E-state index contributed by atoms with van der Waals surface area (Å²) in [6, 6.07) is 5.94. The van der Waals surface area contributed by atoms with Crippen molar-refractivity contribution in [1.82, 2.24) is 5.32 Å². The summed E-state index contributed by atoms with van der Waals surface area (Å²) in [6.45, 7) is 0. The van der Waals surface area contributed by atoms with Crippen molar-refractivity contribution in [2.45, 2.75) is 12.5 Å². The lowest BCUT2D eigenvalue weighted by Gasteiger charge is -2.17. The molecule has 2 aromatic rings. The molecule has 1 atom stereocenters. The molecule has 0 aliphatic carbocycles. The van der Waals surface area contributed by atoms with E-state index in [9.17, 15) is 14.0 Å². The van der Waals surface area contributed by atoms with E-state index < -0.39 is 30.2 Å². The Bertz CT molecular complexity index is 657. The number of hydrogen-bond acceptors (Lipinski definition) is 3. The number of benzene rings is 1. The minimum absolute atomic E-state index is 0.0415. The Hall–Kier alpha value is -2.34. The maximum Gasteiger partial charge on any atom is 0.305 e. The van der Waals surface area contributed by atoms with E-state index in [2.05, 4.69) is 5.32 Å². The number of hydrogen-bond donors (Lipinski definition) is 2. The quantitative estimate of drug-likeness (QED) is 0.889. The van der Waals surface area contributed by atoms with Crippen molar-refractivity contribution >= 4 is 23.5 Å². The van der Waals surface area contributed by atoms with E-state index in [0.717, 1.165) is 6.07 Å². The van der Waals surface area contributed by atoms with Crippen molar-refractivity contribution in [3.8, 4) is 0 Å². The molecule has 5 nitrogen and oxygen atoms in total. The lowest BCUT2D eigenvalue weighted by Crippen LogP contribution is -2.30. The van der Waals surface area contributed by atoms with Crippen LogP contribution in [-0.4, -0.2) is 17.0 Å². The molecule has 0 unspecified atom stereocenters. The van der Waals surface area contributed by atoms with E-state index in [-0.39, 0.29) is 10.8 Å². The van der Waals surface area contributed by atoms with Gasteiger partial charge in [-0.2, -0.15) is 0 Å². The largest absolute Gasteiger partial charge is 0.481 e. The van der Waals surface area contributed by atoms with Crippen LogP contribution in [0, 0.1) is 5.82 Å². The molecule has 21 heavy (non-hydrogen) atoms. The predicted molar refractivity (Wildman–Crippen MR) is 72.6 cm³/mol. The second-order valence-electron chi connectivity index (χ2n) is 4.27. The van der Waals surface area contributed by atoms with Gasteiger partial charge in [0.25, 0.3) is 5.91 Å². The molecule has 0 saturated heterocycles. The molecule has 110 valence electrons. The van der Waals surface area contributed by atoms with E-state index in [4.69, 9.17) is 21.1 Å². The lowest BCUT2D eigenvalue weighted by molar-refractivity contribution is -0.137. The van der Waals surface area contributed by atoms with Gasteiger partial charge in [-0.05, 0) is 29.8 Å². The van der Waals surface area contributed by atoms with Gasteiger partial charge >= 0.3 is 5.97 Å². The van der Waals surface area contributed by atoms with Crippen LogP contribution in [-0.2, 0) is 4.79 Å². The van der Waals surface area contributed by atoms with Crippen molar-refractivity contribution in [3.63, 3.8) is 0 Å². The molecule has 2 rings (SSSR count). The number of aliphatic carboxylic acids is 1. The standard InChI is InChI=1S/C14H11ClFNO4/c15-9-4-3-8(6-10(9)16)11(7-13(18)19)17-14(20)12-2-1-5-21-12/h1-6,11H,7H2,(H,17,20)(H,18,19)/t11-/m1/s1. The maximum absolute atomic E-state index is 13.5. The van der Waals surface area contributed by atoms with Crippen molar-refractivity contribution in [2.75, 3.05) is 0 Å². The third kappa shape index (κ3) is 3.82. The Balaban J connectivity index is 2.23. The minimum Gasteiger partial charge on any atom is -0.481 e. The molecular weight excluding hydrogens is 301 g/mol. The van der Waals surface area contributed by atoms with Crippen molar-refractivity contribution < 1.29 is 23.5 Å². The fraction of sp³-hybridized carbons (Fsp3) is 0.143. The van der Waals surface area contributed by atoms with Crippen molar-refractivity contribution in [3.05, 3.63) is 58.8 Å². The highest BCUT2D eigenvalue weighted by atomic mass is 35.5.